The van der Waals surface area contributed by atoms with Gasteiger partial charge in [-0.3, -0.25) is 4.79 Å². The SMILES string of the molecule is CCn1oc(=O)c2c(C(C)=O)cccc21. The van der Waals surface area contributed by atoms with Crippen molar-refractivity contribution in [2.24, 2.45) is 0 Å². The lowest BCUT2D eigenvalue weighted by atomic mass is 10.1. The van der Waals surface area contributed by atoms with E-state index in [1.165, 1.54) is 11.7 Å². The Hall–Kier alpha value is -1.84. The van der Waals surface area contributed by atoms with E-state index >= 15 is 0 Å². The van der Waals surface area contributed by atoms with E-state index in [2.05, 4.69) is 0 Å². The van der Waals surface area contributed by atoms with Crippen LogP contribution in [-0.4, -0.2) is 10.5 Å². The summed E-state index contributed by atoms with van der Waals surface area (Å²) >= 11 is 0. The van der Waals surface area contributed by atoms with Gasteiger partial charge in [-0.1, -0.05) is 12.1 Å². The van der Waals surface area contributed by atoms with Crippen molar-refractivity contribution in [2.45, 2.75) is 20.4 Å². The number of hydrogen-bond donors (Lipinski definition) is 0. The number of fused-ring (bicyclic) bond motifs is 1. The van der Waals surface area contributed by atoms with Crippen LogP contribution in [0.15, 0.2) is 27.5 Å². The first-order chi connectivity index (χ1) is 7.15. The summed E-state index contributed by atoms with van der Waals surface area (Å²) in [4.78, 5) is 22.9. The first-order valence-corrected chi connectivity index (χ1v) is 4.79. The molecule has 1 heterocycles. The molecule has 0 bridgehead atoms. The highest BCUT2D eigenvalue weighted by Gasteiger charge is 2.14. The Labute approximate surface area is 86.1 Å². The summed E-state index contributed by atoms with van der Waals surface area (Å²) in [6, 6.07) is 5.16. The van der Waals surface area contributed by atoms with E-state index in [1.807, 2.05) is 6.92 Å². The van der Waals surface area contributed by atoms with Gasteiger partial charge in [0.15, 0.2) is 5.78 Å². The van der Waals surface area contributed by atoms with E-state index in [-0.39, 0.29) is 5.78 Å². The second kappa shape index (κ2) is 3.38. The molecule has 0 N–H and O–H groups in total. The lowest BCUT2D eigenvalue weighted by Gasteiger charge is -1.98. The summed E-state index contributed by atoms with van der Waals surface area (Å²) < 4.78 is 6.50. The van der Waals surface area contributed by atoms with Crippen molar-refractivity contribution in [3.8, 4) is 0 Å². The maximum absolute atomic E-state index is 11.5. The topological polar surface area (TPSA) is 52.2 Å². The molecule has 0 atom stereocenters. The predicted molar refractivity (Wildman–Crippen MR) is 56.2 cm³/mol. The van der Waals surface area contributed by atoms with Crippen molar-refractivity contribution in [3.05, 3.63) is 34.2 Å². The Bertz CT molecular complexity index is 577. The summed E-state index contributed by atoms with van der Waals surface area (Å²) in [6.45, 7) is 3.89. The number of rotatable bonds is 2. The van der Waals surface area contributed by atoms with Crippen molar-refractivity contribution in [1.82, 2.24) is 4.74 Å². The van der Waals surface area contributed by atoms with Crippen molar-refractivity contribution in [2.75, 3.05) is 0 Å². The zero-order chi connectivity index (χ0) is 11.0. The summed E-state index contributed by atoms with van der Waals surface area (Å²) in [5.41, 5.74) is 0.654. The largest absolute Gasteiger partial charge is 0.366 e. The smallest absolute Gasteiger partial charge is 0.335 e. The van der Waals surface area contributed by atoms with Gasteiger partial charge in [0.05, 0.1) is 17.4 Å². The summed E-state index contributed by atoms with van der Waals surface area (Å²) in [5, 5.41) is 0.381. The normalized spacial score (nSPS) is 10.8. The molecule has 0 amide bonds. The van der Waals surface area contributed by atoms with E-state index < -0.39 is 5.63 Å². The average molecular weight is 205 g/mol. The number of aryl methyl sites for hydroxylation is 1. The molecule has 2 rings (SSSR count). The molecule has 0 spiro atoms. The molecule has 4 nitrogen and oxygen atoms in total. The monoisotopic (exact) mass is 205 g/mol. The first-order valence-electron chi connectivity index (χ1n) is 4.79. The molecule has 0 aliphatic heterocycles. The van der Waals surface area contributed by atoms with Crippen molar-refractivity contribution < 1.29 is 9.32 Å². The fourth-order valence-corrected chi connectivity index (χ4v) is 1.69. The molecule has 1 aromatic heterocycles. The van der Waals surface area contributed by atoms with Gasteiger partial charge < -0.3 is 4.52 Å². The number of benzene rings is 1. The minimum atomic E-state index is -0.447. The molecule has 4 heteroatoms. The Balaban J connectivity index is 2.92. The van der Waals surface area contributed by atoms with Crippen LogP contribution < -0.4 is 5.63 Å². The highest BCUT2D eigenvalue weighted by atomic mass is 16.5. The first kappa shape index (κ1) is 9.71. The molecule has 1 aromatic carbocycles. The highest BCUT2D eigenvalue weighted by Crippen LogP contribution is 2.16. The third-order valence-corrected chi connectivity index (χ3v) is 2.37. The molecule has 0 unspecified atom stereocenters. The van der Waals surface area contributed by atoms with E-state index in [0.29, 0.717) is 23.0 Å². The minimum absolute atomic E-state index is 0.123. The van der Waals surface area contributed by atoms with Crippen LogP contribution in [-0.2, 0) is 6.54 Å². The number of hydrogen-bond acceptors (Lipinski definition) is 3. The second-order valence-electron chi connectivity index (χ2n) is 3.33. The molecule has 0 saturated heterocycles. The molecule has 0 fully saturated rings. The molecular weight excluding hydrogens is 194 g/mol. The fraction of sp³-hybridized carbons (Fsp3) is 0.273. The zero-order valence-corrected chi connectivity index (χ0v) is 8.61. The van der Waals surface area contributed by atoms with Gasteiger partial charge in [0.2, 0.25) is 0 Å². The molecule has 0 radical (unpaired) electrons. The second-order valence-corrected chi connectivity index (χ2v) is 3.33. The van der Waals surface area contributed by atoms with Crippen molar-refractivity contribution >= 4 is 16.7 Å². The number of carbonyl (C=O) groups is 1. The van der Waals surface area contributed by atoms with E-state index in [9.17, 15) is 9.59 Å². The van der Waals surface area contributed by atoms with Gasteiger partial charge in [0.25, 0.3) is 0 Å². The van der Waals surface area contributed by atoms with Crippen LogP contribution in [0, 0.1) is 0 Å². The Morgan fingerprint density at radius 2 is 2.20 bits per heavy atom. The highest BCUT2D eigenvalue weighted by molar-refractivity contribution is 6.05. The van der Waals surface area contributed by atoms with E-state index in [1.54, 1.807) is 18.2 Å². The Kier molecular flexibility index (Phi) is 2.19. The lowest BCUT2D eigenvalue weighted by molar-refractivity contribution is 0.101. The van der Waals surface area contributed by atoms with Crippen LogP contribution in [0.25, 0.3) is 10.9 Å². The van der Waals surface area contributed by atoms with Gasteiger partial charge in [-0.05, 0) is 19.9 Å². The lowest BCUT2D eigenvalue weighted by Crippen LogP contribution is -2.00. The standard InChI is InChI=1S/C11H11NO3/c1-3-12-9-6-4-5-8(7(2)13)10(9)11(14)15-12/h4-6H,3H2,1-2H3. The predicted octanol–water partition coefficient (Wildman–Crippen LogP) is 1.82. The summed E-state index contributed by atoms with van der Waals surface area (Å²) in [6.07, 6.45) is 0. The number of ketones is 1. The fourth-order valence-electron chi connectivity index (χ4n) is 1.69. The third-order valence-electron chi connectivity index (χ3n) is 2.37. The quantitative estimate of drug-likeness (QED) is 0.702. The van der Waals surface area contributed by atoms with E-state index in [4.69, 9.17) is 4.52 Å². The number of aromatic nitrogens is 1. The molecular formula is C11H11NO3. The van der Waals surface area contributed by atoms with Crippen LogP contribution in [0.3, 0.4) is 0 Å². The average Bonchev–Trinajstić information content (AvgIpc) is 2.55. The number of Topliss-reactive ketones (excluding diaryl/α,β-unsaturated/α-hetero) is 1. The van der Waals surface area contributed by atoms with Gasteiger partial charge in [-0.15, -0.1) is 0 Å². The van der Waals surface area contributed by atoms with Crippen LogP contribution in [0.2, 0.25) is 0 Å². The van der Waals surface area contributed by atoms with Gasteiger partial charge in [0, 0.05) is 5.56 Å². The summed E-state index contributed by atoms with van der Waals surface area (Å²) in [5.74, 6) is -0.123. The van der Waals surface area contributed by atoms with E-state index in [0.717, 1.165) is 0 Å². The van der Waals surface area contributed by atoms with Crippen LogP contribution in [0.5, 0.6) is 0 Å². The maximum atomic E-state index is 11.5. The minimum Gasteiger partial charge on any atom is -0.335 e. The number of nitrogens with zero attached hydrogens (tertiary/aromatic N) is 1. The van der Waals surface area contributed by atoms with Gasteiger partial charge in [-0.2, -0.15) is 0 Å². The van der Waals surface area contributed by atoms with Crippen LogP contribution >= 0.6 is 0 Å². The number of carbonyl (C=O) groups excluding carboxylic acids is 1. The van der Waals surface area contributed by atoms with Crippen molar-refractivity contribution in [3.63, 3.8) is 0 Å². The van der Waals surface area contributed by atoms with Gasteiger partial charge in [-0.25, -0.2) is 9.53 Å². The molecule has 0 aliphatic carbocycles. The molecule has 0 saturated carbocycles. The van der Waals surface area contributed by atoms with Gasteiger partial charge >= 0.3 is 5.63 Å². The molecule has 0 aliphatic rings. The Morgan fingerprint density at radius 3 is 2.80 bits per heavy atom. The van der Waals surface area contributed by atoms with Crippen LogP contribution in [0.4, 0.5) is 0 Å². The van der Waals surface area contributed by atoms with Crippen molar-refractivity contribution in [1.29, 1.82) is 0 Å². The maximum Gasteiger partial charge on any atom is 0.366 e. The zero-order valence-electron chi connectivity index (χ0n) is 8.61. The Morgan fingerprint density at radius 1 is 1.47 bits per heavy atom. The summed E-state index contributed by atoms with van der Waals surface area (Å²) in [7, 11) is 0. The molecule has 15 heavy (non-hydrogen) atoms. The van der Waals surface area contributed by atoms with Gasteiger partial charge in [0.1, 0.15) is 0 Å². The third kappa shape index (κ3) is 1.38. The molecule has 78 valence electrons. The van der Waals surface area contributed by atoms with Crippen LogP contribution in [0.1, 0.15) is 24.2 Å². The molecule has 2 aromatic rings.